The second kappa shape index (κ2) is 4.47. The summed E-state index contributed by atoms with van der Waals surface area (Å²) in [5.41, 5.74) is 0.916. The molecule has 0 saturated carbocycles. The lowest BCUT2D eigenvalue weighted by atomic mass is 10.3. The van der Waals surface area contributed by atoms with Gasteiger partial charge in [0, 0.05) is 6.20 Å². The molecular formula is C9H6BrClN2OS. The molecule has 0 aliphatic rings. The highest BCUT2D eigenvalue weighted by Gasteiger charge is 2.03. The lowest BCUT2D eigenvalue weighted by Crippen LogP contribution is -2.20. The van der Waals surface area contributed by atoms with Crippen LogP contribution in [0, 0.1) is 0 Å². The summed E-state index contributed by atoms with van der Waals surface area (Å²) in [5.74, 6) is 0. The highest BCUT2D eigenvalue weighted by Crippen LogP contribution is 2.20. The highest BCUT2D eigenvalue weighted by molar-refractivity contribution is 9.10. The fourth-order valence-corrected chi connectivity index (χ4v) is 2.41. The molecule has 15 heavy (non-hydrogen) atoms. The van der Waals surface area contributed by atoms with Crippen molar-refractivity contribution in [3.05, 3.63) is 48.7 Å². The maximum Gasteiger partial charge on any atom is 0.267 e. The summed E-state index contributed by atoms with van der Waals surface area (Å²) in [6.45, 7) is 0.495. The van der Waals surface area contributed by atoms with Crippen molar-refractivity contribution in [2.45, 2.75) is 6.54 Å². The van der Waals surface area contributed by atoms with Gasteiger partial charge in [-0.3, -0.25) is 9.36 Å². The first-order valence-electron chi connectivity index (χ1n) is 4.09. The van der Waals surface area contributed by atoms with Crippen molar-refractivity contribution in [3.8, 4) is 0 Å². The third kappa shape index (κ3) is 2.48. The van der Waals surface area contributed by atoms with Crippen molar-refractivity contribution in [1.82, 2.24) is 9.55 Å². The van der Waals surface area contributed by atoms with E-state index in [1.807, 2.05) is 11.4 Å². The molecule has 0 N–H and O–H groups in total. The largest absolute Gasteiger partial charge is 0.294 e. The van der Waals surface area contributed by atoms with E-state index in [2.05, 4.69) is 20.9 Å². The molecule has 0 fully saturated rings. The molecule has 0 aromatic carbocycles. The monoisotopic (exact) mass is 304 g/mol. The number of rotatable bonds is 2. The van der Waals surface area contributed by atoms with E-state index in [0.717, 1.165) is 9.90 Å². The molecule has 2 rings (SSSR count). The van der Waals surface area contributed by atoms with Gasteiger partial charge in [0.15, 0.2) is 0 Å². The summed E-state index contributed by atoms with van der Waals surface area (Å²) < 4.78 is 2.72. The Morgan fingerprint density at radius 1 is 1.60 bits per heavy atom. The van der Waals surface area contributed by atoms with E-state index in [0.29, 0.717) is 11.0 Å². The summed E-state index contributed by atoms with van der Waals surface area (Å²) in [5, 5.41) is 1.93. The van der Waals surface area contributed by atoms with Crippen LogP contribution in [-0.2, 0) is 6.54 Å². The maximum atomic E-state index is 11.6. The first kappa shape index (κ1) is 10.9. The fourth-order valence-electron chi connectivity index (χ4n) is 1.16. The van der Waals surface area contributed by atoms with E-state index >= 15 is 0 Å². The number of hydrogen-bond donors (Lipinski definition) is 0. The zero-order valence-corrected chi connectivity index (χ0v) is 10.6. The number of nitrogens with zero attached hydrogens (tertiary/aromatic N) is 2. The second-order valence-electron chi connectivity index (χ2n) is 2.93. The minimum atomic E-state index is -0.0904. The number of hydrogen-bond acceptors (Lipinski definition) is 3. The van der Waals surface area contributed by atoms with Crippen LogP contribution >= 0.6 is 38.9 Å². The van der Waals surface area contributed by atoms with Gasteiger partial charge in [0.2, 0.25) is 0 Å². The summed E-state index contributed by atoms with van der Waals surface area (Å²) in [6.07, 6.45) is 3.00. The van der Waals surface area contributed by atoms with Crippen molar-refractivity contribution in [3.63, 3.8) is 0 Å². The van der Waals surface area contributed by atoms with Crippen LogP contribution in [-0.4, -0.2) is 9.55 Å². The third-order valence-corrected chi connectivity index (χ3v) is 3.52. The molecule has 0 unspecified atom stereocenters. The van der Waals surface area contributed by atoms with Crippen molar-refractivity contribution in [2.75, 3.05) is 0 Å². The van der Waals surface area contributed by atoms with Crippen molar-refractivity contribution >= 4 is 38.9 Å². The van der Waals surface area contributed by atoms with Crippen molar-refractivity contribution in [1.29, 1.82) is 0 Å². The van der Waals surface area contributed by atoms with Gasteiger partial charge in [0.25, 0.3) is 5.56 Å². The van der Waals surface area contributed by atoms with Crippen LogP contribution in [0.2, 0.25) is 4.34 Å². The van der Waals surface area contributed by atoms with E-state index < -0.39 is 0 Å². The number of halogens is 2. The minimum absolute atomic E-state index is 0.0904. The van der Waals surface area contributed by atoms with Gasteiger partial charge in [-0.25, -0.2) is 4.98 Å². The van der Waals surface area contributed by atoms with Crippen LogP contribution in [0.4, 0.5) is 0 Å². The average Bonchev–Trinajstić information content (AvgIpc) is 2.59. The first-order valence-corrected chi connectivity index (χ1v) is 6.15. The molecule has 0 radical (unpaired) electrons. The van der Waals surface area contributed by atoms with Gasteiger partial charge in [-0.05, 0) is 32.9 Å². The van der Waals surface area contributed by atoms with Gasteiger partial charge < -0.3 is 0 Å². The lowest BCUT2D eigenvalue weighted by Gasteiger charge is -2.02. The Kier molecular flexibility index (Phi) is 3.23. The highest BCUT2D eigenvalue weighted by atomic mass is 79.9. The summed E-state index contributed by atoms with van der Waals surface area (Å²) in [6, 6.07) is 1.85. The van der Waals surface area contributed by atoms with Gasteiger partial charge in [-0.1, -0.05) is 11.6 Å². The zero-order chi connectivity index (χ0) is 10.8. The second-order valence-corrected chi connectivity index (χ2v) is 5.33. The summed E-state index contributed by atoms with van der Waals surface area (Å²) in [4.78, 5) is 15.6. The molecule has 6 heteroatoms. The van der Waals surface area contributed by atoms with E-state index in [4.69, 9.17) is 11.6 Å². The molecular weight excluding hydrogens is 300 g/mol. The van der Waals surface area contributed by atoms with Gasteiger partial charge in [0.05, 0.1) is 17.2 Å². The molecule has 2 heterocycles. The fraction of sp³-hybridized carbons (Fsp3) is 0.111. The Hall–Kier alpha value is -0.650. The zero-order valence-electron chi connectivity index (χ0n) is 7.48. The van der Waals surface area contributed by atoms with Crippen LogP contribution in [0.1, 0.15) is 5.56 Å². The molecule has 2 aromatic rings. The van der Waals surface area contributed by atoms with E-state index in [9.17, 15) is 4.79 Å². The summed E-state index contributed by atoms with van der Waals surface area (Å²) >= 11 is 10.4. The van der Waals surface area contributed by atoms with E-state index in [-0.39, 0.29) is 5.56 Å². The molecule has 0 saturated heterocycles. The van der Waals surface area contributed by atoms with Gasteiger partial charge in [-0.2, -0.15) is 0 Å². The Balaban J connectivity index is 2.32. The molecule has 0 bridgehead atoms. The number of thiophene rings is 1. The van der Waals surface area contributed by atoms with Gasteiger partial charge in [-0.15, -0.1) is 11.3 Å². The van der Waals surface area contributed by atoms with E-state index in [1.54, 1.807) is 0 Å². The van der Waals surface area contributed by atoms with Crippen LogP contribution in [0.5, 0.6) is 0 Å². The van der Waals surface area contributed by atoms with Crippen LogP contribution in [0.25, 0.3) is 0 Å². The minimum Gasteiger partial charge on any atom is -0.294 e. The smallest absolute Gasteiger partial charge is 0.267 e. The summed E-state index contributed by atoms with van der Waals surface area (Å²) in [7, 11) is 0. The average molecular weight is 306 g/mol. The molecule has 0 atom stereocenters. The van der Waals surface area contributed by atoms with Crippen LogP contribution < -0.4 is 5.56 Å². The lowest BCUT2D eigenvalue weighted by molar-refractivity contribution is 0.733. The van der Waals surface area contributed by atoms with Crippen molar-refractivity contribution < 1.29 is 0 Å². The normalized spacial score (nSPS) is 10.5. The topological polar surface area (TPSA) is 34.9 Å². The molecule has 0 amide bonds. The quantitative estimate of drug-likeness (QED) is 0.855. The predicted molar refractivity (Wildman–Crippen MR) is 64.6 cm³/mol. The Bertz CT molecular complexity index is 537. The van der Waals surface area contributed by atoms with Crippen LogP contribution in [0.15, 0.2) is 33.2 Å². The third-order valence-electron chi connectivity index (χ3n) is 1.83. The Morgan fingerprint density at radius 2 is 2.40 bits per heavy atom. The van der Waals surface area contributed by atoms with Gasteiger partial charge >= 0.3 is 0 Å². The molecule has 78 valence electrons. The Labute approximate surface area is 103 Å². The molecule has 2 aromatic heterocycles. The molecule has 0 aliphatic carbocycles. The predicted octanol–water partition coefficient (Wildman–Crippen LogP) is 2.77. The Morgan fingerprint density at radius 3 is 3.07 bits per heavy atom. The van der Waals surface area contributed by atoms with Crippen molar-refractivity contribution in [2.24, 2.45) is 0 Å². The number of aromatic nitrogens is 2. The molecule has 0 aliphatic heterocycles. The van der Waals surface area contributed by atoms with Gasteiger partial charge in [0.1, 0.15) is 4.47 Å². The molecule has 3 nitrogen and oxygen atoms in total. The van der Waals surface area contributed by atoms with Crippen LogP contribution in [0.3, 0.4) is 0 Å². The standard InChI is InChI=1S/C9H6BrClN2OS/c10-7-2-12-5-13(9(7)14)3-6-1-8(11)15-4-6/h1-2,4-5H,3H2. The SMILES string of the molecule is O=c1c(Br)cncn1Cc1csc(Cl)c1. The van der Waals surface area contributed by atoms with E-state index in [1.165, 1.54) is 28.4 Å². The first-order chi connectivity index (χ1) is 7.16. The maximum absolute atomic E-state index is 11.6. The molecule has 0 spiro atoms.